The molecule has 2 heterocycles. The monoisotopic (exact) mass is 515 g/mol. The first-order valence-corrected chi connectivity index (χ1v) is 11.1. The molecule has 0 aliphatic rings. The average molecular weight is 517 g/mol. The maximum atomic E-state index is 12.3. The minimum atomic E-state index is -0.0346. The molecule has 0 saturated carbocycles. The summed E-state index contributed by atoms with van der Waals surface area (Å²) in [5, 5.41) is 2.97. The lowest BCUT2D eigenvalue weighted by Gasteiger charge is -2.06. The van der Waals surface area contributed by atoms with E-state index >= 15 is 0 Å². The van der Waals surface area contributed by atoms with E-state index < -0.39 is 0 Å². The number of imidazole rings is 1. The van der Waals surface area contributed by atoms with E-state index in [2.05, 4.69) is 37.2 Å². The van der Waals surface area contributed by atoms with Gasteiger partial charge in [-0.05, 0) is 62.2 Å². The number of thioether (sulfide) groups is 1. The summed E-state index contributed by atoms with van der Waals surface area (Å²) in [5.41, 5.74) is 3.38. The Morgan fingerprint density at radius 3 is 2.68 bits per heavy atom. The summed E-state index contributed by atoms with van der Waals surface area (Å²) in [6.07, 6.45) is 3.93. The molecule has 1 amide bonds. The molecule has 140 valence electrons. The fourth-order valence-electron chi connectivity index (χ4n) is 2.78. The van der Waals surface area contributed by atoms with Gasteiger partial charge in [-0.15, -0.1) is 11.8 Å². The zero-order valence-electron chi connectivity index (χ0n) is 14.6. The first-order chi connectivity index (χ1) is 13.6. The minimum Gasteiger partial charge on any atom is -0.325 e. The van der Waals surface area contributed by atoms with E-state index in [0.717, 1.165) is 36.4 Å². The number of anilines is 1. The highest BCUT2D eigenvalue weighted by atomic mass is 79.9. The lowest BCUT2D eigenvalue weighted by atomic mass is 10.1. The van der Waals surface area contributed by atoms with Crippen molar-refractivity contribution in [2.75, 3.05) is 11.1 Å². The van der Waals surface area contributed by atoms with Crippen molar-refractivity contribution in [2.45, 2.75) is 4.90 Å². The first kappa shape index (κ1) is 19.2. The van der Waals surface area contributed by atoms with Crippen LogP contribution >= 0.6 is 43.6 Å². The number of rotatable bonds is 5. The normalized spacial score (nSPS) is 10.9. The second kappa shape index (κ2) is 8.51. The number of pyridine rings is 1. The van der Waals surface area contributed by atoms with Crippen LogP contribution in [-0.4, -0.2) is 21.0 Å². The lowest BCUT2D eigenvalue weighted by molar-refractivity contribution is -0.113. The fourth-order valence-corrected chi connectivity index (χ4v) is 4.80. The topological polar surface area (TPSA) is 46.4 Å². The number of hydrogen-bond donors (Lipinski definition) is 1. The number of hydrogen-bond acceptors (Lipinski definition) is 3. The Balaban J connectivity index is 1.50. The molecule has 0 spiro atoms. The van der Waals surface area contributed by atoms with Crippen LogP contribution < -0.4 is 5.32 Å². The fraction of sp³-hybridized carbons (Fsp3) is 0.0476. The van der Waals surface area contributed by atoms with Crippen LogP contribution in [-0.2, 0) is 4.79 Å². The molecule has 1 N–H and O–H groups in total. The Hall–Kier alpha value is -2.09. The van der Waals surface area contributed by atoms with E-state index in [1.165, 1.54) is 11.8 Å². The lowest BCUT2D eigenvalue weighted by Crippen LogP contribution is -2.13. The second-order valence-corrected chi connectivity index (χ2v) is 8.91. The van der Waals surface area contributed by atoms with Crippen LogP contribution in [0.3, 0.4) is 0 Å². The summed E-state index contributed by atoms with van der Waals surface area (Å²) >= 11 is 8.55. The molecule has 0 aliphatic carbocycles. The number of nitrogens with one attached hydrogen (secondary N) is 1. The molecular weight excluding hydrogens is 502 g/mol. The van der Waals surface area contributed by atoms with Gasteiger partial charge >= 0.3 is 0 Å². The highest BCUT2D eigenvalue weighted by molar-refractivity contribution is 9.11. The van der Waals surface area contributed by atoms with E-state index in [1.807, 2.05) is 77.5 Å². The predicted octanol–water partition coefficient (Wildman–Crippen LogP) is 6.26. The van der Waals surface area contributed by atoms with Crippen LogP contribution in [0.2, 0.25) is 0 Å². The first-order valence-electron chi connectivity index (χ1n) is 8.50. The van der Waals surface area contributed by atoms with Gasteiger partial charge in [-0.2, -0.15) is 0 Å². The Morgan fingerprint density at radius 1 is 1.04 bits per heavy atom. The van der Waals surface area contributed by atoms with Gasteiger partial charge < -0.3 is 9.72 Å². The van der Waals surface area contributed by atoms with Crippen molar-refractivity contribution in [3.63, 3.8) is 0 Å². The number of amides is 1. The van der Waals surface area contributed by atoms with E-state index in [-0.39, 0.29) is 5.91 Å². The predicted molar refractivity (Wildman–Crippen MR) is 122 cm³/mol. The highest BCUT2D eigenvalue weighted by Gasteiger charge is 2.10. The highest BCUT2D eigenvalue weighted by Crippen LogP contribution is 2.27. The molecule has 0 atom stereocenters. The van der Waals surface area contributed by atoms with E-state index in [1.54, 1.807) is 0 Å². The average Bonchev–Trinajstić information content (AvgIpc) is 3.12. The number of halogens is 2. The number of nitrogens with zero attached hydrogens (tertiary/aromatic N) is 2. The number of fused-ring (bicyclic) bond motifs is 1. The summed E-state index contributed by atoms with van der Waals surface area (Å²) in [7, 11) is 0. The molecule has 2 aromatic carbocycles. The van der Waals surface area contributed by atoms with Crippen LogP contribution in [0.5, 0.6) is 0 Å². The number of carbonyl (C=O) groups excluding carboxylic acids is 1. The van der Waals surface area contributed by atoms with E-state index in [9.17, 15) is 4.79 Å². The molecule has 4 rings (SSSR count). The Labute approximate surface area is 183 Å². The maximum Gasteiger partial charge on any atom is 0.234 e. The van der Waals surface area contributed by atoms with Crippen LogP contribution in [0, 0.1) is 0 Å². The van der Waals surface area contributed by atoms with Gasteiger partial charge in [-0.3, -0.25) is 4.79 Å². The molecular formula is C21H15Br2N3OS. The minimum absolute atomic E-state index is 0.0346. The van der Waals surface area contributed by atoms with Crippen molar-refractivity contribution in [1.29, 1.82) is 0 Å². The second-order valence-electron chi connectivity index (χ2n) is 6.09. The van der Waals surface area contributed by atoms with Gasteiger partial charge in [-0.25, -0.2) is 4.98 Å². The molecule has 0 fully saturated rings. The number of benzene rings is 2. The molecule has 2 aromatic heterocycles. The Bertz CT molecular complexity index is 1150. The summed E-state index contributed by atoms with van der Waals surface area (Å²) in [6.45, 7) is 0. The van der Waals surface area contributed by atoms with Gasteiger partial charge in [0.15, 0.2) is 5.65 Å². The van der Waals surface area contributed by atoms with Crippen molar-refractivity contribution in [1.82, 2.24) is 9.38 Å². The Kier molecular flexibility index (Phi) is 5.85. The van der Waals surface area contributed by atoms with Gasteiger partial charge in [0.25, 0.3) is 0 Å². The van der Waals surface area contributed by atoms with Crippen LogP contribution in [0.15, 0.2) is 86.9 Å². The van der Waals surface area contributed by atoms with Gasteiger partial charge in [0, 0.05) is 33.0 Å². The van der Waals surface area contributed by atoms with Gasteiger partial charge in [-0.1, -0.05) is 30.3 Å². The number of aromatic nitrogens is 2. The molecule has 4 aromatic rings. The van der Waals surface area contributed by atoms with Crippen LogP contribution in [0.25, 0.3) is 16.9 Å². The third-order valence-electron chi connectivity index (χ3n) is 4.03. The summed E-state index contributed by atoms with van der Waals surface area (Å²) in [4.78, 5) is 18.1. The Morgan fingerprint density at radius 2 is 1.86 bits per heavy atom. The van der Waals surface area contributed by atoms with Crippen molar-refractivity contribution in [2.24, 2.45) is 0 Å². The summed E-state index contributed by atoms with van der Waals surface area (Å²) in [6, 6.07) is 19.6. The molecule has 7 heteroatoms. The summed E-state index contributed by atoms with van der Waals surface area (Å²) < 4.78 is 3.84. The molecule has 0 radical (unpaired) electrons. The molecule has 4 nitrogen and oxygen atoms in total. The van der Waals surface area contributed by atoms with E-state index in [0.29, 0.717) is 5.75 Å². The van der Waals surface area contributed by atoms with E-state index in [4.69, 9.17) is 4.98 Å². The molecule has 0 saturated heterocycles. The molecule has 0 bridgehead atoms. The quantitative estimate of drug-likeness (QED) is 0.318. The third kappa shape index (κ3) is 4.48. The van der Waals surface area contributed by atoms with Crippen molar-refractivity contribution in [3.05, 3.63) is 82.0 Å². The van der Waals surface area contributed by atoms with Gasteiger partial charge in [0.1, 0.15) is 0 Å². The molecule has 0 unspecified atom stereocenters. The van der Waals surface area contributed by atoms with Crippen LogP contribution in [0.1, 0.15) is 0 Å². The summed E-state index contributed by atoms with van der Waals surface area (Å²) in [5.74, 6) is 0.330. The van der Waals surface area contributed by atoms with Gasteiger partial charge in [0.05, 0.1) is 15.9 Å². The number of carbonyl (C=O) groups is 1. The van der Waals surface area contributed by atoms with Crippen molar-refractivity contribution < 1.29 is 4.79 Å². The molecule has 28 heavy (non-hydrogen) atoms. The maximum absolute atomic E-state index is 12.3. The zero-order chi connectivity index (χ0) is 19.5. The smallest absolute Gasteiger partial charge is 0.234 e. The SMILES string of the molecule is O=C(CSc1ccccc1)Nc1cccc(-c2cn3cc(Br)cc(Br)c3n2)c1. The van der Waals surface area contributed by atoms with Crippen LogP contribution in [0.4, 0.5) is 5.69 Å². The van der Waals surface area contributed by atoms with Crippen molar-refractivity contribution in [3.8, 4) is 11.3 Å². The zero-order valence-corrected chi connectivity index (χ0v) is 18.6. The largest absolute Gasteiger partial charge is 0.325 e. The third-order valence-corrected chi connectivity index (χ3v) is 6.06. The molecule has 0 aliphatic heterocycles. The van der Waals surface area contributed by atoms with Gasteiger partial charge in [0.2, 0.25) is 5.91 Å². The standard InChI is InChI=1S/C21H15Br2N3OS/c22-15-10-18(23)21-25-19(12-26(21)11-15)14-5-4-6-16(9-14)24-20(27)13-28-17-7-2-1-3-8-17/h1-12H,13H2,(H,24,27). The van der Waals surface area contributed by atoms with Crippen molar-refractivity contribution >= 4 is 60.9 Å².